The summed E-state index contributed by atoms with van der Waals surface area (Å²) in [5.74, 6) is 1.60. The molecule has 0 spiro atoms. The lowest BCUT2D eigenvalue weighted by Crippen LogP contribution is -2.31. The maximum Gasteiger partial charge on any atom is 0.127 e. The second-order valence-electron chi connectivity index (χ2n) is 6.20. The number of halogens is 1. The summed E-state index contributed by atoms with van der Waals surface area (Å²) >= 11 is 5.89. The fourth-order valence-corrected chi connectivity index (χ4v) is 2.77. The van der Waals surface area contributed by atoms with Gasteiger partial charge in [0.2, 0.25) is 0 Å². The van der Waals surface area contributed by atoms with Gasteiger partial charge in [0.05, 0.1) is 0 Å². The van der Waals surface area contributed by atoms with E-state index >= 15 is 0 Å². The average molecular weight is 373 g/mol. The molecule has 0 radical (unpaired) electrons. The third kappa shape index (κ3) is 6.83. The topological polar surface area (TPSA) is 24.5 Å². The molecule has 140 valence electrons. The van der Waals surface area contributed by atoms with Crippen molar-refractivity contribution in [2.24, 2.45) is 0 Å². The molecule has 3 nitrogen and oxygen atoms in total. The number of rotatable bonds is 10. The van der Waals surface area contributed by atoms with Crippen molar-refractivity contribution in [3.8, 4) is 11.5 Å². The maximum atomic E-state index is 5.89. The van der Waals surface area contributed by atoms with Gasteiger partial charge in [-0.25, -0.2) is 0 Å². The van der Waals surface area contributed by atoms with E-state index in [2.05, 4.69) is 49.2 Å². The highest BCUT2D eigenvalue weighted by Gasteiger charge is 2.00. The normalized spacial score (nSPS) is 11.8. The molecule has 0 fully saturated rings. The molecular formula is C22H29ClN2O. The predicted molar refractivity (Wildman–Crippen MR) is 112 cm³/mol. The van der Waals surface area contributed by atoms with Crippen molar-refractivity contribution in [2.75, 3.05) is 32.7 Å². The second kappa shape index (κ2) is 11.0. The third-order valence-corrected chi connectivity index (χ3v) is 4.66. The van der Waals surface area contributed by atoms with E-state index in [0.717, 1.165) is 44.2 Å². The Kier molecular flexibility index (Phi) is 8.69. The molecule has 1 N–H and O–H groups in total. The molecule has 0 unspecified atom stereocenters. The third-order valence-electron chi connectivity index (χ3n) is 4.41. The largest absolute Gasteiger partial charge is 0.457 e. The Morgan fingerprint density at radius 2 is 1.58 bits per heavy atom. The van der Waals surface area contributed by atoms with Gasteiger partial charge in [-0.1, -0.05) is 43.7 Å². The molecule has 0 heterocycles. The average Bonchev–Trinajstić information content (AvgIpc) is 2.67. The second-order valence-corrected chi connectivity index (χ2v) is 6.63. The van der Waals surface area contributed by atoms with Crippen molar-refractivity contribution in [1.82, 2.24) is 10.2 Å². The Labute approximate surface area is 162 Å². The first-order valence-electron chi connectivity index (χ1n) is 9.26. The highest BCUT2D eigenvalue weighted by molar-refractivity contribution is 6.30. The first-order valence-corrected chi connectivity index (χ1v) is 9.63. The lowest BCUT2D eigenvalue weighted by molar-refractivity contribution is 0.304. The van der Waals surface area contributed by atoms with Gasteiger partial charge in [0.1, 0.15) is 11.5 Å². The van der Waals surface area contributed by atoms with E-state index in [9.17, 15) is 0 Å². The molecule has 0 aromatic heterocycles. The molecular weight excluding hydrogens is 344 g/mol. The van der Waals surface area contributed by atoms with Gasteiger partial charge in [0.15, 0.2) is 0 Å². The van der Waals surface area contributed by atoms with Crippen LogP contribution >= 0.6 is 11.6 Å². The highest BCUT2D eigenvalue weighted by Crippen LogP contribution is 2.24. The van der Waals surface area contributed by atoms with Crippen LogP contribution in [0.3, 0.4) is 0 Å². The summed E-state index contributed by atoms with van der Waals surface area (Å²) in [6.07, 6.45) is 2.23. The van der Waals surface area contributed by atoms with Gasteiger partial charge in [0.25, 0.3) is 0 Å². The van der Waals surface area contributed by atoms with Crippen LogP contribution in [0.25, 0.3) is 5.57 Å². The monoisotopic (exact) mass is 372 g/mol. The van der Waals surface area contributed by atoms with Gasteiger partial charge in [-0.2, -0.15) is 0 Å². The van der Waals surface area contributed by atoms with E-state index in [1.807, 2.05) is 36.4 Å². The van der Waals surface area contributed by atoms with Crippen molar-refractivity contribution in [1.29, 1.82) is 0 Å². The molecule has 0 aliphatic rings. The molecule has 0 aliphatic carbocycles. The molecule has 2 aromatic rings. The Balaban J connectivity index is 1.81. The van der Waals surface area contributed by atoms with E-state index < -0.39 is 0 Å². The summed E-state index contributed by atoms with van der Waals surface area (Å²) < 4.78 is 5.83. The standard InChI is InChI=1S/C22H29ClN2O/c1-4-25(5-2)17-16-24-15-14-18(3)19-6-10-21(11-7-19)26-22-12-8-20(23)9-13-22/h6-14,24H,4-5,15-17H2,1-3H3. The van der Waals surface area contributed by atoms with Crippen LogP contribution in [0.4, 0.5) is 0 Å². The van der Waals surface area contributed by atoms with Crippen LogP contribution in [0.5, 0.6) is 11.5 Å². The number of likely N-dealkylation sites (N-methyl/N-ethyl adjacent to an activating group) is 1. The molecule has 0 bridgehead atoms. The molecule has 0 aliphatic heterocycles. The van der Waals surface area contributed by atoms with Gasteiger partial charge in [-0.15, -0.1) is 0 Å². The SMILES string of the molecule is CCN(CC)CCNCC=C(C)c1ccc(Oc2ccc(Cl)cc2)cc1. The zero-order chi connectivity index (χ0) is 18.8. The van der Waals surface area contributed by atoms with E-state index in [4.69, 9.17) is 16.3 Å². The lowest BCUT2D eigenvalue weighted by atomic mass is 10.1. The van der Waals surface area contributed by atoms with Gasteiger partial charge in [-0.05, 0) is 67.5 Å². The van der Waals surface area contributed by atoms with Crippen LogP contribution in [0.1, 0.15) is 26.3 Å². The van der Waals surface area contributed by atoms with Gasteiger partial charge in [0, 0.05) is 24.7 Å². The quantitative estimate of drug-likeness (QED) is 0.560. The molecule has 4 heteroatoms. The number of allylic oxidation sites excluding steroid dienone is 1. The van der Waals surface area contributed by atoms with Crippen LogP contribution in [0.2, 0.25) is 5.02 Å². The van der Waals surface area contributed by atoms with E-state index in [-0.39, 0.29) is 0 Å². The lowest BCUT2D eigenvalue weighted by Gasteiger charge is -2.17. The first kappa shape index (κ1) is 20.5. The van der Waals surface area contributed by atoms with Crippen LogP contribution < -0.4 is 10.1 Å². The number of benzene rings is 2. The summed E-state index contributed by atoms with van der Waals surface area (Å²) in [7, 11) is 0. The molecule has 26 heavy (non-hydrogen) atoms. The smallest absolute Gasteiger partial charge is 0.127 e. The molecule has 0 saturated carbocycles. The van der Waals surface area contributed by atoms with Crippen molar-refractivity contribution in [3.05, 3.63) is 65.2 Å². The number of hydrogen-bond acceptors (Lipinski definition) is 3. The van der Waals surface area contributed by atoms with E-state index in [1.165, 1.54) is 11.1 Å². The summed E-state index contributed by atoms with van der Waals surface area (Å²) in [6.45, 7) is 11.8. The minimum atomic E-state index is 0.708. The van der Waals surface area contributed by atoms with Gasteiger partial charge >= 0.3 is 0 Å². The summed E-state index contributed by atoms with van der Waals surface area (Å²) in [5.41, 5.74) is 2.47. The Hall–Kier alpha value is -1.81. The summed E-state index contributed by atoms with van der Waals surface area (Å²) in [6, 6.07) is 15.6. The van der Waals surface area contributed by atoms with Crippen LogP contribution in [0, 0.1) is 0 Å². The zero-order valence-electron chi connectivity index (χ0n) is 16.0. The van der Waals surface area contributed by atoms with Crippen molar-refractivity contribution in [3.63, 3.8) is 0 Å². The minimum absolute atomic E-state index is 0.708. The number of ether oxygens (including phenoxy) is 1. The fraction of sp³-hybridized carbons (Fsp3) is 0.364. The van der Waals surface area contributed by atoms with E-state index in [1.54, 1.807) is 0 Å². The Morgan fingerprint density at radius 3 is 2.15 bits per heavy atom. The summed E-state index contributed by atoms with van der Waals surface area (Å²) in [5, 5.41) is 4.19. The summed E-state index contributed by atoms with van der Waals surface area (Å²) in [4.78, 5) is 2.42. The maximum absolute atomic E-state index is 5.89. The highest BCUT2D eigenvalue weighted by atomic mass is 35.5. The molecule has 0 saturated heterocycles. The predicted octanol–water partition coefficient (Wildman–Crippen LogP) is 5.47. The number of nitrogens with zero attached hydrogens (tertiary/aromatic N) is 1. The van der Waals surface area contributed by atoms with Crippen LogP contribution in [0.15, 0.2) is 54.6 Å². The van der Waals surface area contributed by atoms with Crippen molar-refractivity contribution >= 4 is 17.2 Å². The Bertz CT molecular complexity index is 676. The van der Waals surface area contributed by atoms with Crippen molar-refractivity contribution in [2.45, 2.75) is 20.8 Å². The number of nitrogens with one attached hydrogen (secondary N) is 1. The number of hydrogen-bond donors (Lipinski definition) is 1. The van der Waals surface area contributed by atoms with Crippen LogP contribution in [-0.4, -0.2) is 37.6 Å². The first-order chi connectivity index (χ1) is 12.6. The molecule has 2 rings (SSSR count). The van der Waals surface area contributed by atoms with E-state index in [0.29, 0.717) is 5.02 Å². The minimum Gasteiger partial charge on any atom is -0.457 e. The van der Waals surface area contributed by atoms with Gasteiger partial charge in [-0.3, -0.25) is 0 Å². The Morgan fingerprint density at radius 1 is 1.00 bits per heavy atom. The molecule has 0 amide bonds. The zero-order valence-corrected chi connectivity index (χ0v) is 16.7. The molecule has 0 atom stereocenters. The fourth-order valence-electron chi connectivity index (χ4n) is 2.65. The van der Waals surface area contributed by atoms with Gasteiger partial charge < -0.3 is 15.0 Å². The van der Waals surface area contributed by atoms with Crippen LogP contribution in [-0.2, 0) is 0 Å². The molecule has 2 aromatic carbocycles. The van der Waals surface area contributed by atoms with Crippen molar-refractivity contribution < 1.29 is 4.74 Å².